The first kappa shape index (κ1) is 20.5. The van der Waals surface area contributed by atoms with Crippen LogP contribution in [0.5, 0.6) is 0 Å². The molecule has 1 saturated heterocycles. The summed E-state index contributed by atoms with van der Waals surface area (Å²) in [5, 5.41) is 3.95. The van der Waals surface area contributed by atoms with Crippen LogP contribution in [0, 0.1) is 11.6 Å². The average Bonchev–Trinajstić information content (AvgIpc) is 3.16. The van der Waals surface area contributed by atoms with E-state index in [0.29, 0.717) is 12.0 Å². The molecule has 0 bridgehead atoms. The molecule has 0 saturated carbocycles. The van der Waals surface area contributed by atoms with E-state index in [0.717, 1.165) is 68.1 Å². The molecule has 1 aromatic heterocycles. The zero-order valence-electron chi connectivity index (χ0n) is 16.7. The minimum absolute atomic E-state index is 0.161. The van der Waals surface area contributed by atoms with Crippen molar-refractivity contribution in [1.29, 1.82) is 0 Å². The molecule has 2 aromatic carbocycles. The molecule has 1 N–H and O–H groups in total. The summed E-state index contributed by atoms with van der Waals surface area (Å²) in [6.07, 6.45) is 2.62. The minimum Gasteiger partial charge on any atom is -0.379 e. The van der Waals surface area contributed by atoms with Crippen LogP contribution in [0.1, 0.15) is 12.0 Å². The largest absolute Gasteiger partial charge is 0.379 e. The van der Waals surface area contributed by atoms with Crippen molar-refractivity contribution in [3.05, 3.63) is 65.9 Å². The average molecular weight is 413 g/mol. The fraction of sp³-hybridized carbons (Fsp3) is 0.348. The molecule has 158 valence electrons. The fourth-order valence-corrected chi connectivity index (χ4v) is 3.72. The van der Waals surface area contributed by atoms with Gasteiger partial charge in [-0.25, -0.2) is 8.78 Å². The van der Waals surface area contributed by atoms with Crippen molar-refractivity contribution in [1.82, 2.24) is 9.47 Å². The van der Waals surface area contributed by atoms with Gasteiger partial charge >= 0.3 is 0 Å². The Morgan fingerprint density at radius 2 is 1.83 bits per heavy atom. The van der Waals surface area contributed by atoms with Gasteiger partial charge in [-0.3, -0.25) is 9.69 Å². The Kier molecular flexibility index (Phi) is 6.40. The first-order chi connectivity index (χ1) is 14.6. The van der Waals surface area contributed by atoms with Crippen molar-refractivity contribution in [3.63, 3.8) is 0 Å². The number of fused-ring (bicyclic) bond motifs is 1. The second-order valence-electron chi connectivity index (χ2n) is 7.53. The van der Waals surface area contributed by atoms with Crippen LogP contribution in [-0.4, -0.2) is 48.2 Å². The van der Waals surface area contributed by atoms with E-state index in [1.807, 2.05) is 24.3 Å². The Morgan fingerprint density at radius 3 is 2.63 bits per heavy atom. The van der Waals surface area contributed by atoms with Crippen LogP contribution in [0.15, 0.2) is 48.7 Å². The second-order valence-corrected chi connectivity index (χ2v) is 7.53. The summed E-state index contributed by atoms with van der Waals surface area (Å²) < 4.78 is 33.9. The summed E-state index contributed by atoms with van der Waals surface area (Å²) in [7, 11) is 0. The van der Waals surface area contributed by atoms with Crippen LogP contribution >= 0.6 is 0 Å². The number of morpholine rings is 1. The summed E-state index contributed by atoms with van der Waals surface area (Å²) in [5.41, 5.74) is 2.45. The van der Waals surface area contributed by atoms with Gasteiger partial charge in [-0.1, -0.05) is 6.07 Å². The fourth-order valence-electron chi connectivity index (χ4n) is 3.72. The smallest absolute Gasteiger partial charge is 0.224 e. The maximum absolute atomic E-state index is 13.3. The maximum Gasteiger partial charge on any atom is 0.224 e. The number of nitrogens with one attached hydrogen (secondary N) is 1. The summed E-state index contributed by atoms with van der Waals surface area (Å²) in [6.45, 7) is 5.43. The van der Waals surface area contributed by atoms with Gasteiger partial charge in [0, 0.05) is 55.4 Å². The van der Waals surface area contributed by atoms with E-state index < -0.39 is 11.6 Å². The van der Waals surface area contributed by atoms with E-state index in [4.69, 9.17) is 4.74 Å². The highest BCUT2D eigenvalue weighted by Gasteiger charge is 2.11. The molecular formula is C23H25F2N3O2. The Hall–Kier alpha value is -2.77. The molecule has 0 radical (unpaired) electrons. The molecule has 1 aliphatic heterocycles. The van der Waals surface area contributed by atoms with E-state index in [-0.39, 0.29) is 12.3 Å². The maximum atomic E-state index is 13.3. The summed E-state index contributed by atoms with van der Waals surface area (Å²) in [5.74, 6) is -1.93. The molecule has 0 aliphatic carbocycles. The summed E-state index contributed by atoms with van der Waals surface area (Å²) in [6, 6.07) is 11.6. The number of benzene rings is 2. The molecule has 0 spiro atoms. The zero-order chi connectivity index (χ0) is 20.9. The molecule has 1 amide bonds. The topological polar surface area (TPSA) is 46.5 Å². The van der Waals surface area contributed by atoms with Gasteiger partial charge in [-0.05, 0) is 48.4 Å². The lowest BCUT2D eigenvalue weighted by atomic mass is 10.1. The van der Waals surface area contributed by atoms with Gasteiger partial charge in [0.25, 0.3) is 0 Å². The number of aryl methyl sites for hydroxylation is 1. The Balaban J connectivity index is 1.33. The summed E-state index contributed by atoms with van der Waals surface area (Å²) >= 11 is 0. The van der Waals surface area contributed by atoms with E-state index in [2.05, 4.69) is 21.0 Å². The number of hydrogen-bond acceptors (Lipinski definition) is 3. The predicted octanol–water partition coefficient (Wildman–Crippen LogP) is 3.82. The third-order valence-corrected chi connectivity index (χ3v) is 5.44. The van der Waals surface area contributed by atoms with Gasteiger partial charge in [-0.15, -0.1) is 0 Å². The van der Waals surface area contributed by atoms with Crippen LogP contribution in [-0.2, 0) is 22.5 Å². The molecule has 7 heteroatoms. The van der Waals surface area contributed by atoms with Crippen molar-refractivity contribution >= 4 is 22.5 Å². The van der Waals surface area contributed by atoms with Crippen LogP contribution in [0.2, 0.25) is 0 Å². The lowest BCUT2D eigenvalue weighted by Crippen LogP contribution is -2.38. The zero-order valence-corrected chi connectivity index (χ0v) is 16.7. The monoisotopic (exact) mass is 413 g/mol. The number of halogens is 2. The van der Waals surface area contributed by atoms with E-state index in [1.165, 1.54) is 6.07 Å². The van der Waals surface area contributed by atoms with Crippen molar-refractivity contribution in [3.8, 4) is 0 Å². The molecule has 0 atom stereocenters. The molecule has 2 heterocycles. The van der Waals surface area contributed by atoms with Crippen molar-refractivity contribution in [2.45, 2.75) is 19.4 Å². The van der Waals surface area contributed by atoms with Crippen LogP contribution in [0.25, 0.3) is 10.9 Å². The lowest BCUT2D eigenvalue weighted by molar-refractivity contribution is -0.116. The molecule has 4 rings (SSSR count). The second kappa shape index (κ2) is 9.36. The van der Waals surface area contributed by atoms with Gasteiger partial charge in [0.1, 0.15) is 0 Å². The summed E-state index contributed by atoms with van der Waals surface area (Å²) in [4.78, 5) is 14.7. The molecule has 3 aromatic rings. The number of aromatic nitrogens is 1. The number of nitrogens with zero attached hydrogens (tertiary/aromatic N) is 2. The normalized spacial score (nSPS) is 14.9. The third kappa shape index (κ3) is 5.04. The number of carbonyl (C=O) groups excluding carboxylic acids is 1. The lowest BCUT2D eigenvalue weighted by Gasteiger charge is -2.26. The Bertz CT molecular complexity index is 1030. The van der Waals surface area contributed by atoms with E-state index in [9.17, 15) is 13.6 Å². The number of hydrogen-bond donors (Lipinski definition) is 1. The van der Waals surface area contributed by atoms with Gasteiger partial charge in [0.05, 0.1) is 13.2 Å². The molecule has 30 heavy (non-hydrogen) atoms. The number of amides is 1. The highest BCUT2D eigenvalue weighted by atomic mass is 19.2. The number of rotatable bonds is 7. The number of ether oxygens (including phenoxy) is 1. The first-order valence-corrected chi connectivity index (χ1v) is 10.2. The highest BCUT2D eigenvalue weighted by Crippen LogP contribution is 2.21. The quantitative estimate of drug-likeness (QED) is 0.641. The van der Waals surface area contributed by atoms with Crippen LogP contribution in [0.4, 0.5) is 14.5 Å². The van der Waals surface area contributed by atoms with Gasteiger partial charge < -0.3 is 14.6 Å². The first-order valence-electron chi connectivity index (χ1n) is 10.2. The predicted molar refractivity (Wildman–Crippen MR) is 113 cm³/mol. The molecule has 0 unspecified atom stereocenters. The minimum atomic E-state index is -0.892. The molecule has 1 fully saturated rings. The Labute approximate surface area is 174 Å². The molecule has 5 nitrogen and oxygen atoms in total. The number of carbonyl (C=O) groups is 1. The van der Waals surface area contributed by atoms with Crippen LogP contribution < -0.4 is 5.32 Å². The third-order valence-electron chi connectivity index (χ3n) is 5.44. The van der Waals surface area contributed by atoms with Crippen molar-refractivity contribution < 1.29 is 18.3 Å². The van der Waals surface area contributed by atoms with E-state index in [1.54, 1.807) is 0 Å². The SMILES string of the molecule is O=C(CCc1ccc(F)c(F)c1)Nc1ccc2c(ccn2CCN2CCOCC2)c1. The number of anilines is 1. The molecular weight excluding hydrogens is 388 g/mol. The van der Waals surface area contributed by atoms with Crippen molar-refractivity contribution in [2.75, 3.05) is 38.2 Å². The van der Waals surface area contributed by atoms with Crippen LogP contribution in [0.3, 0.4) is 0 Å². The standard InChI is InChI=1S/C23H25F2N3O2/c24-20-4-1-17(15-21(20)25)2-6-23(29)26-19-3-5-22-18(16-19)7-8-28(22)10-9-27-11-13-30-14-12-27/h1,3-5,7-8,15-16H,2,6,9-14H2,(H,26,29). The van der Waals surface area contributed by atoms with Crippen molar-refractivity contribution in [2.24, 2.45) is 0 Å². The van der Waals surface area contributed by atoms with Gasteiger partial charge in [0.15, 0.2) is 11.6 Å². The molecule has 1 aliphatic rings. The van der Waals surface area contributed by atoms with E-state index >= 15 is 0 Å². The van der Waals surface area contributed by atoms with Gasteiger partial charge in [0.2, 0.25) is 5.91 Å². The highest BCUT2D eigenvalue weighted by molar-refractivity contribution is 5.94. The Morgan fingerprint density at radius 1 is 1.00 bits per heavy atom. The van der Waals surface area contributed by atoms with Gasteiger partial charge in [-0.2, -0.15) is 0 Å².